The van der Waals surface area contributed by atoms with Crippen LogP contribution >= 0.6 is 0 Å². The van der Waals surface area contributed by atoms with Crippen molar-refractivity contribution in [2.75, 3.05) is 0 Å². The largest absolute Gasteiger partial charge is 0.254 e. The molecule has 0 radical (unpaired) electrons. The second-order valence-electron chi connectivity index (χ2n) is 14.7. The summed E-state index contributed by atoms with van der Waals surface area (Å²) in [7, 11) is 0. The lowest BCUT2D eigenvalue weighted by Crippen LogP contribution is -2.26. The Morgan fingerprint density at radius 3 is 1.56 bits per heavy atom. The van der Waals surface area contributed by atoms with Gasteiger partial charge in [-0.1, -0.05) is 170 Å². The smallest absolute Gasteiger partial charge is 0.0972 e. The van der Waals surface area contributed by atoms with Gasteiger partial charge >= 0.3 is 0 Å². The molecule has 55 heavy (non-hydrogen) atoms. The maximum Gasteiger partial charge on any atom is 0.0972 e. The highest BCUT2D eigenvalue weighted by Gasteiger charge is 2.53. The van der Waals surface area contributed by atoms with E-state index in [9.17, 15) is 0 Å². The average Bonchev–Trinajstić information content (AvgIpc) is 3.73. The summed E-state index contributed by atoms with van der Waals surface area (Å²) in [6.07, 6.45) is 1.84. The third-order valence-corrected chi connectivity index (χ3v) is 11.9. The summed E-state index contributed by atoms with van der Waals surface area (Å²) in [6.45, 7) is 0. The van der Waals surface area contributed by atoms with Crippen molar-refractivity contribution in [1.29, 1.82) is 0 Å². The van der Waals surface area contributed by atoms with Crippen LogP contribution in [0.5, 0.6) is 0 Å². The van der Waals surface area contributed by atoms with Crippen LogP contribution in [-0.2, 0) is 5.41 Å². The van der Waals surface area contributed by atoms with E-state index in [1.165, 1.54) is 49.7 Å². The van der Waals surface area contributed by atoms with Gasteiger partial charge in [-0.2, -0.15) is 0 Å². The Labute approximate surface area is 318 Å². The van der Waals surface area contributed by atoms with Crippen molar-refractivity contribution in [3.05, 3.63) is 210 Å². The zero-order valence-electron chi connectivity index (χ0n) is 29.7. The van der Waals surface area contributed by atoms with Gasteiger partial charge in [0.2, 0.25) is 0 Å². The van der Waals surface area contributed by atoms with E-state index >= 15 is 0 Å². The number of benzene rings is 7. The highest BCUT2D eigenvalue weighted by atomic mass is 14.8. The predicted octanol–water partition coefficient (Wildman–Crippen LogP) is 12.7. The van der Waals surface area contributed by atoms with Crippen LogP contribution in [0.3, 0.4) is 0 Å². The van der Waals surface area contributed by atoms with Gasteiger partial charge in [0, 0.05) is 44.6 Å². The van der Waals surface area contributed by atoms with Crippen LogP contribution in [0.2, 0.25) is 0 Å². The van der Waals surface area contributed by atoms with Gasteiger partial charge in [-0.3, -0.25) is 4.98 Å². The van der Waals surface area contributed by atoms with E-state index in [0.29, 0.717) is 0 Å². The minimum absolute atomic E-state index is 0.437. The molecule has 0 fully saturated rings. The number of hydrogen-bond donors (Lipinski definition) is 0. The lowest BCUT2D eigenvalue weighted by atomic mass is 9.69. The SMILES string of the molecule is c1ccc2c(c1)-c1ccccc1C21c2ccccc2-c2nc(-c3ccc(-c4ccc(-c5ccc6ccc7cccnc7c6n5)cc4)cc3)c3ccccc3c21. The number of hydrogen-bond acceptors (Lipinski definition) is 3. The van der Waals surface area contributed by atoms with Gasteiger partial charge in [0.15, 0.2) is 0 Å². The predicted molar refractivity (Wildman–Crippen MR) is 225 cm³/mol. The van der Waals surface area contributed by atoms with Gasteiger partial charge in [0.1, 0.15) is 0 Å². The number of aromatic nitrogens is 3. The molecule has 0 bridgehead atoms. The van der Waals surface area contributed by atoms with Crippen molar-refractivity contribution in [3.63, 3.8) is 0 Å². The van der Waals surface area contributed by atoms with E-state index in [4.69, 9.17) is 9.97 Å². The summed E-state index contributed by atoms with van der Waals surface area (Å²) in [4.78, 5) is 15.3. The normalized spacial score (nSPS) is 13.2. The summed E-state index contributed by atoms with van der Waals surface area (Å²) in [6, 6.07) is 65.8. The molecule has 12 rings (SSSR count). The van der Waals surface area contributed by atoms with Crippen LogP contribution in [-0.4, -0.2) is 15.0 Å². The van der Waals surface area contributed by atoms with Gasteiger partial charge < -0.3 is 0 Å². The summed E-state index contributed by atoms with van der Waals surface area (Å²) >= 11 is 0. The Hall–Kier alpha value is -7.23. The van der Waals surface area contributed by atoms with Gasteiger partial charge in [0.05, 0.1) is 33.5 Å². The van der Waals surface area contributed by atoms with Crippen molar-refractivity contribution >= 4 is 32.6 Å². The van der Waals surface area contributed by atoms with Gasteiger partial charge in [-0.05, 0) is 56.5 Å². The Kier molecular flexibility index (Phi) is 6.26. The summed E-state index contributed by atoms with van der Waals surface area (Å²) in [5.41, 5.74) is 18.0. The maximum absolute atomic E-state index is 5.63. The van der Waals surface area contributed by atoms with Crippen LogP contribution in [0.25, 0.3) is 88.6 Å². The summed E-state index contributed by atoms with van der Waals surface area (Å²) in [5.74, 6) is 0. The highest BCUT2D eigenvalue weighted by Crippen LogP contribution is 2.64. The average molecular weight is 698 g/mol. The molecule has 3 heteroatoms. The second kappa shape index (κ2) is 11.4. The monoisotopic (exact) mass is 697 g/mol. The molecule has 0 saturated heterocycles. The molecule has 0 amide bonds. The fourth-order valence-electron chi connectivity index (χ4n) is 9.54. The van der Waals surface area contributed by atoms with Crippen molar-refractivity contribution in [2.45, 2.75) is 5.41 Å². The van der Waals surface area contributed by atoms with Crippen molar-refractivity contribution in [3.8, 4) is 56.0 Å². The first-order valence-corrected chi connectivity index (χ1v) is 18.9. The first-order valence-electron chi connectivity index (χ1n) is 18.9. The molecule has 0 atom stereocenters. The number of nitrogens with zero attached hydrogens (tertiary/aromatic N) is 3. The molecule has 3 nitrogen and oxygen atoms in total. The molecule has 3 aromatic heterocycles. The lowest BCUT2D eigenvalue weighted by Gasteiger charge is -2.31. The summed E-state index contributed by atoms with van der Waals surface area (Å²) < 4.78 is 0. The van der Waals surface area contributed by atoms with E-state index < -0.39 is 5.41 Å². The number of rotatable bonds is 3. The Morgan fingerprint density at radius 2 is 0.873 bits per heavy atom. The van der Waals surface area contributed by atoms with Gasteiger partial charge in [-0.15, -0.1) is 0 Å². The second-order valence-corrected chi connectivity index (χ2v) is 14.7. The molecule has 10 aromatic rings. The third-order valence-electron chi connectivity index (χ3n) is 11.9. The van der Waals surface area contributed by atoms with E-state index in [2.05, 4.69) is 181 Å². The van der Waals surface area contributed by atoms with E-state index in [0.717, 1.165) is 61.1 Å². The number of fused-ring (bicyclic) bond motifs is 15. The molecule has 0 N–H and O–H groups in total. The molecule has 3 heterocycles. The summed E-state index contributed by atoms with van der Waals surface area (Å²) in [5, 5.41) is 4.60. The Morgan fingerprint density at radius 1 is 0.345 bits per heavy atom. The number of pyridine rings is 3. The van der Waals surface area contributed by atoms with E-state index in [1.54, 1.807) is 0 Å². The van der Waals surface area contributed by atoms with E-state index in [1.807, 2.05) is 12.3 Å². The van der Waals surface area contributed by atoms with Crippen molar-refractivity contribution < 1.29 is 0 Å². The van der Waals surface area contributed by atoms with Gasteiger partial charge in [0.25, 0.3) is 0 Å². The molecule has 0 aliphatic heterocycles. The topological polar surface area (TPSA) is 38.7 Å². The van der Waals surface area contributed by atoms with Crippen LogP contribution < -0.4 is 0 Å². The van der Waals surface area contributed by atoms with Crippen LogP contribution in [0.15, 0.2) is 188 Å². The van der Waals surface area contributed by atoms with Crippen LogP contribution in [0.4, 0.5) is 0 Å². The lowest BCUT2D eigenvalue weighted by molar-refractivity contribution is 0.799. The van der Waals surface area contributed by atoms with Gasteiger partial charge in [-0.25, -0.2) is 9.97 Å². The molecule has 1 spiro atoms. The highest BCUT2D eigenvalue weighted by molar-refractivity contribution is 6.07. The standard InChI is InChI=1S/C52H31N3/c1-2-14-41-40(13-1)47-51(42-15-5-8-18-45(42)52(47)43-16-6-3-11-38(43)39-12-4-7-17-44(39)52)55-48(41)36-25-21-33(22-26-36)32-19-23-34(24-20-32)46-30-29-37-28-27-35-10-9-31-53-49(35)50(37)54-46/h1-31H. The molecule has 254 valence electrons. The van der Waals surface area contributed by atoms with E-state index in [-0.39, 0.29) is 0 Å². The first-order chi connectivity index (χ1) is 27.3. The molecular weight excluding hydrogens is 667 g/mol. The molecule has 7 aromatic carbocycles. The van der Waals surface area contributed by atoms with Crippen LogP contribution in [0.1, 0.15) is 22.3 Å². The Bertz CT molecular complexity index is 3150. The first kappa shape index (κ1) is 30.3. The zero-order valence-corrected chi connectivity index (χ0v) is 29.7. The molecule has 2 aliphatic carbocycles. The quantitative estimate of drug-likeness (QED) is 0.173. The fraction of sp³-hybridized carbons (Fsp3) is 0.0192. The molecule has 0 unspecified atom stereocenters. The van der Waals surface area contributed by atoms with Crippen molar-refractivity contribution in [1.82, 2.24) is 15.0 Å². The fourth-order valence-corrected chi connectivity index (χ4v) is 9.54. The Balaban J connectivity index is 0.963. The minimum Gasteiger partial charge on any atom is -0.254 e. The molecule has 0 saturated carbocycles. The van der Waals surface area contributed by atoms with Crippen LogP contribution in [0, 0.1) is 0 Å². The zero-order chi connectivity index (χ0) is 36.1. The molecular formula is C52H31N3. The van der Waals surface area contributed by atoms with Crippen molar-refractivity contribution in [2.24, 2.45) is 0 Å². The maximum atomic E-state index is 5.63. The molecule has 2 aliphatic rings. The third kappa shape index (κ3) is 4.18. The minimum atomic E-state index is -0.437.